The van der Waals surface area contributed by atoms with Gasteiger partial charge in [-0.3, -0.25) is 13.2 Å². The first kappa shape index (κ1) is 13.2. The van der Waals surface area contributed by atoms with Crippen molar-refractivity contribution in [3.63, 3.8) is 0 Å². The number of carbonyl (C=O) groups is 1. The van der Waals surface area contributed by atoms with Gasteiger partial charge in [-0.05, 0) is 6.92 Å². The van der Waals surface area contributed by atoms with E-state index in [1.807, 2.05) is 0 Å². The van der Waals surface area contributed by atoms with Crippen LogP contribution in [0.5, 0.6) is 0 Å². The smallest absolute Gasteiger partial charge is 0.335 e. The van der Waals surface area contributed by atoms with Crippen LogP contribution in [0.25, 0.3) is 0 Å². The Morgan fingerprint density at radius 2 is 1.79 bits per heavy atom. The number of ether oxygens (including phenoxy) is 1. The predicted molar refractivity (Wildman–Crippen MR) is 43.0 cm³/mol. The van der Waals surface area contributed by atoms with Crippen LogP contribution in [0.1, 0.15) is 6.92 Å². The number of hydrogen-bond donors (Lipinski definition) is 1. The first-order valence-corrected chi connectivity index (χ1v) is 4.10. The molecular formula is C8H13F3O3. The van der Waals surface area contributed by atoms with Crippen molar-refractivity contribution < 1.29 is 27.8 Å². The molecule has 0 spiro atoms. The average molecular weight is 214 g/mol. The molecule has 0 radical (unpaired) electrons. The van der Waals surface area contributed by atoms with Crippen LogP contribution in [-0.2, 0) is 9.53 Å². The van der Waals surface area contributed by atoms with Crippen molar-refractivity contribution >= 4 is 5.97 Å². The number of aliphatic hydroxyl groups is 1. The Kier molecular flexibility index (Phi) is 5.52. The third kappa shape index (κ3) is 2.60. The van der Waals surface area contributed by atoms with Gasteiger partial charge < -0.3 is 9.84 Å². The van der Waals surface area contributed by atoms with E-state index >= 15 is 0 Å². The van der Waals surface area contributed by atoms with E-state index < -0.39 is 37.5 Å². The molecule has 0 bridgehead atoms. The van der Waals surface area contributed by atoms with E-state index in [1.165, 1.54) is 6.92 Å². The Bertz CT molecular complexity index is 174. The molecule has 0 amide bonds. The molecule has 14 heavy (non-hydrogen) atoms. The van der Waals surface area contributed by atoms with Crippen molar-refractivity contribution in [1.29, 1.82) is 0 Å². The molecule has 0 aromatic heterocycles. The molecule has 84 valence electrons. The Morgan fingerprint density at radius 1 is 1.36 bits per heavy atom. The van der Waals surface area contributed by atoms with Gasteiger partial charge in [-0.1, -0.05) is 0 Å². The van der Waals surface area contributed by atoms with Gasteiger partial charge in [-0.25, -0.2) is 4.79 Å². The maximum absolute atomic E-state index is 12.3. The van der Waals surface area contributed by atoms with Gasteiger partial charge in [0.1, 0.15) is 20.0 Å². The molecule has 0 rings (SSSR count). The third-order valence-corrected chi connectivity index (χ3v) is 1.89. The van der Waals surface area contributed by atoms with Gasteiger partial charge in [-0.2, -0.15) is 0 Å². The molecular weight excluding hydrogens is 201 g/mol. The SMILES string of the molecule is CCOC(=O)C(O)C(CF)(CF)CF. The van der Waals surface area contributed by atoms with Crippen molar-refractivity contribution in [2.75, 3.05) is 26.6 Å². The Hall–Kier alpha value is -0.780. The third-order valence-electron chi connectivity index (χ3n) is 1.89. The van der Waals surface area contributed by atoms with E-state index in [9.17, 15) is 18.0 Å². The summed E-state index contributed by atoms with van der Waals surface area (Å²) in [4.78, 5) is 10.9. The van der Waals surface area contributed by atoms with Gasteiger partial charge in [-0.15, -0.1) is 0 Å². The Morgan fingerprint density at radius 3 is 2.07 bits per heavy atom. The van der Waals surface area contributed by atoms with E-state index in [4.69, 9.17) is 5.11 Å². The highest BCUT2D eigenvalue weighted by molar-refractivity contribution is 5.75. The standard InChI is InChI=1S/C8H13F3O3/c1-2-14-7(13)6(12)8(3-9,4-10)5-11/h6,12H,2-5H2,1H3. The number of rotatable bonds is 6. The predicted octanol–water partition coefficient (Wildman–Crippen LogP) is 0.805. The largest absolute Gasteiger partial charge is 0.464 e. The summed E-state index contributed by atoms with van der Waals surface area (Å²) in [5, 5.41) is 9.16. The van der Waals surface area contributed by atoms with Gasteiger partial charge in [0.15, 0.2) is 6.10 Å². The lowest BCUT2D eigenvalue weighted by molar-refractivity contribution is -0.164. The minimum absolute atomic E-state index is 0.0448. The number of hydrogen-bond acceptors (Lipinski definition) is 3. The summed E-state index contributed by atoms with van der Waals surface area (Å²) in [5.74, 6) is -1.21. The van der Waals surface area contributed by atoms with E-state index in [-0.39, 0.29) is 6.61 Å². The molecule has 0 aliphatic heterocycles. The average Bonchev–Trinajstić information content (AvgIpc) is 2.21. The zero-order valence-corrected chi connectivity index (χ0v) is 7.80. The molecule has 0 aromatic carbocycles. The van der Waals surface area contributed by atoms with Crippen molar-refractivity contribution in [2.24, 2.45) is 5.41 Å². The molecule has 1 N–H and O–H groups in total. The minimum Gasteiger partial charge on any atom is -0.464 e. The van der Waals surface area contributed by atoms with Gasteiger partial charge in [0, 0.05) is 0 Å². The number of esters is 1. The quantitative estimate of drug-likeness (QED) is 0.665. The molecule has 0 aliphatic rings. The fraction of sp³-hybridized carbons (Fsp3) is 0.875. The molecule has 0 heterocycles. The fourth-order valence-electron chi connectivity index (χ4n) is 0.798. The maximum atomic E-state index is 12.3. The zero-order valence-electron chi connectivity index (χ0n) is 7.80. The molecule has 0 aromatic rings. The Balaban J connectivity index is 4.57. The minimum atomic E-state index is -2.31. The van der Waals surface area contributed by atoms with Crippen molar-refractivity contribution in [3.05, 3.63) is 0 Å². The molecule has 0 fully saturated rings. The van der Waals surface area contributed by atoms with E-state index in [0.29, 0.717) is 0 Å². The molecule has 1 atom stereocenters. The molecule has 6 heteroatoms. The number of halogens is 3. The van der Waals surface area contributed by atoms with Gasteiger partial charge in [0.25, 0.3) is 0 Å². The molecule has 0 saturated carbocycles. The summed E-state index contributed by atoms with van der Waals surface area (Å²) < 4.78 is 41.3. The van der Waals surface area contributed by atoms with Crippen LogP contribution in [0.15, 0.2) is 0 Å². The summed E-state index contributed by atoms with van der Waals surface area (Å²) in [6.45, 7) is -2.95. The van der Waals surface area contributed by atoms with Crippen LogP contribution in [0, 0.1) is 5.41 Å². The fourth-order valence-corrected chi connectivity index (χ4v) is 0.798. The molecule has 3 nitrogen and oxygen atoms in total. The van der Waals surface area contributed by atoms with Crippen molar-refractivity contribution in [1.82, 2.24) is 0 Å². The second-order valence-electron chi connectivity index (χ2n) is 2.92. The van der Waals surface area contributed by atoms with E-state index in [0.717, 1.165) is 0 Å². The monoisotopic (exact) mass is 214 g/mol. The van der Waals surface area contributed by atoms with Crippen LogP contribution in [0.3, 0.4) is 0 Å². The normalized spacial score (nSPS) is 13.8. The second kappa shape index (κ2) is 5.85. The van der Waals surface area contributed by atoms with Crippen molar-refractivity contribution in [3.8, 4) is 0 Å². The lowest BCUT2D eigenvalue weighted by Crippen LogP contribution is -2.47. The maximum Gasteiger partial charge on any atom is 0.335 e. The van der Waals surface area contributed by atoms with Crippen LogP contribution in [0.4, 0.5) is 13.2 Å². The Labute approximate surface area is 79.9 Å². The summed E-state index contributed by atoms with van der Waals surface area (Å²) in [6.07, 6.45) is -2.11. The lowest BCUT2D eigenvalue weighted by Gasteiger charge is -2.28. The number of carbonyl (C=O) groups excluding carboxylic acids is 1. The molecule has 0 aliphatic carbocycles. The van der Waals surface area contributed by atoms with E-state index in [2.05, 4.69) is 4.74 Å². The summed E-state index contributed by atoms with van der Waals surface area (Å²) in [5.41, 5.74) is -2.31. The highest BCUT2D eigenvalue weighted by Gasteiger charge is 2.44. The zero-order chi connectivity index (χ0) is 11.2. The highest BCUT2D eigenvalue weighted by Crippen LogP contribution is 2.25. The first-order valence-electron chi connectivity index (χ1n) is 4.10. The van der Waals surface area contributed by atoms with Gasteiger partial charge >= 0.3 is 5.97 Å². The summed E-state index contributed by atoms with van der Waals surface area (Å²) in [7, 11) is 0. The van der Waals surface area contributed by atoms with Crippen LogP contribution >= 0.6 is 0 Å². The topological polar surface area (TPSA) is 46.5 Å². The number of aliphatic hydroxyl groups excluding tert-OH is 1. The lowest BCUT2D eigenvalue weighted by atomic mass is 9.86. The molecule has 1 unspecified atom stereocenters. The van der Waals surface area contributed by atoms with Crippen LogP contribution in [-0.4, -0.2) is 43.8 Å². The second-order valence-corrected chi connectivity index (χ2v) is 2.92. The van der Waals surface area contributed by atoms with Crippen LogP contribution < -0.4 is 0 Å². The van der Waals surface area contributed by atoms with Gasteiger partial charge in [0.05, 0.1) is 12.0 Å². The summed E-state index contributed by atoms with van der Waals surface area (Å²) in [6, 6.07) is 0. The first-order chi connectivity index (χ1) is 6.57. The molecule has 0 saturated heterocycles. The van der Waals surface area contributed by atoms with E-state index in [1.54, 1.807) is 0 Å². The van der Waals surface area contributed by atoms with Gasteiger partial charge in [0.2, 0.25) is 0 Å². The highest BCUT2D eigenvalue weighted by atomic mass is 19.1. The van der Waals surface area contributed by atoms with Crippen molar-refractivity contribution in [2.45, 2.75) is 13.0 Å². The number of alkyl halides is 3. The summed E-state index contributed by atoms with van der Waals surface area (Å²) >= 11 is 0. The van der Waals surface area contributed by atoms with Crippen LogP contribution in [0.2, 0.25) is 0 Å².